The summed E-state index contributed by atoms with van der Waals surface area (Å²) in [4.78, 5) is 15.5. The standard InChI is InChI=1S/C14H30N4O2.HI/c1-6-7-9-16-12(15-5)17-10-8-11-18-13(19)20-14(2,3)4;/h6-11H2,1-5H3,(H,18,19)(H2,15,16,17);1H. The zero-order valence-electron chi connectivity index (χ0n) is 13.9. The van der Waals surface area contributed by atoms with E-state index in [0.717, 1.165) is 38.3 Å². The van der Waals surface area contributed by atoms with Crippen LogP contribution in [0.2, 0.25) is 0 Å². The number of unbranched alkanes of at least 4 members (excludes halogenated alkanes) is 1. The Balaban J connectivity index is 0. The smallest absolute Gasteiger partial charge is 0.407 e. The third-order valence-corrected chi connectivity index (χ3v) is 2.36. The van der Waals surface area contributed by atoms with E-state index in [2.05, 4.69) is 27.9 Å². The van der Waals surface area contributed by atoms with E-state index in [0.29, 0.717) is 6.54 Å². The van der Waals surface area contributed by atoms with Crippen molar-refractivity contribution in [3.05, 3.63) is 0 Å². The van der Waals surface area contributed by atoms with Gasteiger partial charge in [-0.05, 0) is 33.6 Å². The summed E-state index contributed by atoms with van der Waals surface area (Å²) in [7, 11) is 1.75. The monoisotopic (exact) mass is 414 g/mol. The van der Waals surface area contributed by atoms with Crippen LogP contribution in [-0.4, -0.2) is 44.3 Å². The lowest BCUT2D eigenvalue weighted by Gasteiger charge is -2.19. The predicted octanol–water partition coefficient (Wildman–Crippen LogP) is 2.48. The van der Waals surface area contributed by atoms with E-state index in [9.17, 15) is 4.79 Å². The Morgan fingerprint density at radius 3 is 2.05 bits per heavy atom. The molecule has 0 rings (SSSR count). The van der Waals surface area contributed by atoms with Gasteiger partial charge >= 0.3 is 6.09 Å². The molecule has 0 radical (unpaired) electrons. The van der Waals surface area contributed by atoms with Crippen LogP contribution in [0.5, 0.6) is 0 Å². The Bertz CT molecular complexity index is 304. The van der Waals surface area contributed by atoms with E-state index in [1.807, 2.05) is 20.8 Å². The Morgan fingerprint density at radius 2 is 1.57 bits per heavy atom. The first kappa shape index (κ1) is 22.5. The zero-order valence-corrected chi connectivity index (χ0v) is 16.2. The topological polar surface area (TPSA) is 74.8 Å². The average Bonchev–Trinajstić information content (AvgIpc) is 2.34. The number of nitrogens with zero attached hydrogens (tertiary/aromatic N) is 1. The fourth-order valence-corrected chi connectivity index (χ4v) is 1.40. The number of halogens is 1. The van der Waals surface area contributed by atoms with Crippen molar-refractivity contribution in [2.24, 2.45) is 4.99 Å². The maximum absolute atomic E-state index is 11.4. The minimum atomic E-state index is -0.451. The van der Waals surface area contributed by atoms with Crippen molar-refractivity contribution < 1.29 is 9.53 Å². The molecule has 0 saturated heterocycles. The third kappa shape index (κ3) is 15.5. The average molecular weight is 414 g/mol. The van der Waals surface area contributed by atoms with E-state index < -0.39 is 5.60 Å². The molecule has 0 heterocycles. The highest BCUT2D eigenvalue weighted by molar-refractivity contribution is 14.0. The molecular weight excluding hydrogens is 383 g/mol. The molecule has 0 spiro atoms. The van der Waals surface area contributed by atoms with Crippen LogP contribution in [0, 0.1) is 0 Å². The molecule has 0 aliphatic carbocycles. The first-order valence-electron chi connectivity index (χ1n) is 7.30. The molecule has 7 heteroatoms. The predicted molar refractivity (Wildman–Crippen MR) is 98.5 cm³/mol. The number of alkyl carbamates (subject to hydrolysis) is 1. The normalized spacial score (nSPS) is 11.4. The van der Waals surface area contributed by atoms with Gasteiger partial charge in [0.1, 0.15) is 5.60 Å². The molecule has 1 amide bonds. The van der Waals surface area contributed by atoms with Gasteiger partial charge in [-0.15, -0.1) is 24.0 Å². The number of ether oxygens (including phenoxy) is 1. The van der Waals surface area contributed by atoms with E-state index >= 15 is 0 Å². The van der Waals surface area contributed by atoms with Gasteiger partial charge in [0.2, 0.25) is 0 Å². The van der Waals surface area contributed by atoms with Crippen molar-refractivity contribution in [2.75, 3.05) is 26.7 Å². The number of carbonyl (C=O) groups is 1. The number of aliphatic imine (C=N–C) groups is 1. The van der Waals surface area contributed by atoms with E-state index in [1.165, 1.54) is 0 Å². The summed E-state index contributed by atoms with van der Waals surface area (Å²) in [6.45, 7) is 9.95. The van der Waals surface area contributed by atoms with Gasteiger partial charge in [-0.1, -0.05) is 13.3 Å². The fourth-order valence-electron chi connectivity index (χ4n) is 1.40. The summed E-state index contributed by atoms with van der Waals surface area (Å²) >= 11 is 0. The highest BCUT2D eigenvalue weighted by Crippen LogP contribution is 2.06. The molecule has 0 atom stereocenters. The summed E-state index contributed by atoms with van der Waals surface area (Å²) in [6, 6.07) is 0. The molecule has 6 nitrogen and oxygen atoms in total. The second kappa shape index (κ2) is 13.0. The molecule has 126 valence electrons. The molecule has 0 aromatic heterocycles. The first-order valence-corrected chi connectivity index (χ1v) is 7.30. The van der Waals surface area contributed by atoms with Crippen LogP contribution in [0.15, 0.2) is 4.99 Å². The molecule has 0 aliphatic rings. The highest BCUT2D eigenvalue weighted by Gasteiger charge is 2.15. The number of rotatable bonds is 7. The van der Waals surface area contributed by atoms with Gasteiger partial charge < -0.3 is 20.7 Å². The first-order chi connectivity index (χ1) is 9.39. The van der Waals surface area contributed by atoms with Crippen molar-refractivity contribution in [1.29, 1.82) is 0 Å². The van der Waals surface area contributed by atoms with Crippen LogP contribution >= 0.6 is 24.0 Å². The molecule has 21 heavy (non-hydrogen) atoms. The number of carbonyl (C=O) groups excluding carboxylic acids is 1. The van der Waals surface area contributed by atoms with Crippen molar-refractivity contribution in [2.45, 2.75) is 52.6 Å². The molecule has 0 aromatic rings. The number of amides is 1. The summed E-state index contributed by atoms with van der Waals surface area (Å²) in [5, 5.41) is 9.15. The highest BCUT2D eigenvalue weighted by atomic mass is 127. The van der Waals surface area contributed by atoms with Gasteiger partial charge in [-0.25, -0.2) is 4.79 Å². The Hall–Kier alpha value is -0.730. The molecule has 0 unspecified atom stereocenters. The van der Waals surface area contributed by atoms with Crippen LogP contribution in [-0.2, 0) is 4.74 Å². The fraction of sp³-hybridized carbons (Fsp3) is 0.857. The van der Waals surface area contributed by atoms with Gasteiger partial charge in [-0.2, -0.15) is 0 Å². The van der Waals surface area contributed by atoms with Gasteiger partial charge in [0.15, 0.2) is 5.96 Å². The van der Waals surface area contributed by atoms with Crippen LogP contribution in [0.1, 0.15) is 47.0 Å². The molecule has 0 aliphatic heterocycles. The van der Waals surface area contributed by atoms with Crippen LogP contribution in [0.3, 0.4) is 0 Å². The van der Waals surface area contributed by atoms with Gasteiger partial charge in [0.05, 0.1) is 0 Å². The van der Waals surface area contributed by atoms with Crippen molar-refractivity contribution in [3.63, 3.8) is 0 Å². The maximum Gasteiger partial charge on any atom is 0.407 e. The lowest BCUT2D eigenvalue weighted by molar-refractivity contribution is 0.0527. The van der Waals surface area contributed by atoms with Gasteiger partial charge in [0, 0.05) is 26.7 Å². The van der Waals surface area contributed by atoms with E-state index in [4.69, 9.17) is 4.74 Å². The summed E-state index contributed by atoms with van der Waals surface area (Å²) < 4.78 is 5.15. The number of hydrogen-bond acceptors (Lipinski definition) is 3. The molecule has 0 fully saturated rings. The van der Waals surface area contributed by atoms with Crippen molar-refractivity contribution in [1.82, 2.24) is 16.0 Å². The molecule has 0 bridgehead atoms. The molecule has 3 N–H and O–H groups in total. The minimum absolute atomic E-state index is 0. The van der Waals surface area contributed by atoms with E-state index in [1.54, 1.807) is 7.05 Å². The summed E-state index contributed by atoms with van der Waals surface area (Å²) in [5.41, 5.74) is -0.451. The third-order valence-electron chi connectivity index (χ3n) is 2.36. The zero-order chi connectivity index (χ0) is 15.4. The Labute approximate surface area is 145 Å². The van der Waals surface area contributed by atoms with Gasteiger partial charge in [0.25, 0.3) is 0 Å². The quantitative estimate of drug-likeness (QED) is 0.259. The lowest BCUT2D eigenvalue weighted by Crippen LogP contribution is -2.39. The van der Waals surface area contributed by atoms with Crippen molar-refractivity contribution >= 4 is 36.0 Å². The minimum Gasteiger partial charge on any atom is -0.444 e. The van der Waals surface area contributed by atoms with Crippen molar-refractivity contribution in [3.8, 4) is 0 Å². The lowest BCUT2D eigenvalue weighted by atomic mass is 10.2. The molecular formula is C14H31IN4O2. The second-order valence-corrected chi connectivity index (χ2v) is 5.56. The number of guanidine groups is 1. The molecule has 0 saturated carbocycles. The van der Waals surface area contributed by atoms with Crippen LogP contribution in [0.4, 0.5) is 4.79 Å². The van der Waals surface area contributed by atoms with Crippen LogP contribution < -0.4 is 16.0 Å². The van der Waals surface area contributed by atoms with Gasteiger partial charge in [-0.3, -0.25) is 4.99 Å². The number of hydrogen-bond donors (Lipinski definition) is 3. The van der Waals surface area contributed by atoms with E-state index in [-0.39, 0.29) is 30.1 Å². The molecule has 0 aromatic carbocycles. The second-order valence-electron chi connectivity index (χ2n) is 5.56. The Morgan fingerprint density at radius 1 is 1.05 bits per heavy atom. The SMILES string of the molecule is CCCCNC(=NC)NCCCNC(=O)OC(C)(C)C.I. The largest absolute Gasteiger partial charge is 0.444 e. The number of nitrogens with one attached hydrogen (secondary N) is 3. The van der Waals surface area contributed by atoms with Crippen LogP contribution in [0.25, 0.3) is 0 Å². The summed E-state index contributed by atoms with van der Waals surface area (Å²) in [5.74, 6) is 0.802. The Kier molecular flexibility index (Phi) is 13.9. The maximum atomic E-state index is 11.4. The summed E-state index contributed by atoms with van der Waals surface area (Å²) in [6.07, 6.45) is 2.72.